The number of hydrogen-bond donors (Lipinski definition) is 3. The van der Waals surface area contributed by atoms with E-state index in [2.05, 4.69) is 5.32 Å². The number of nitrogens with one attached hydrogen (secondary N) is 2. The molecule has 0 aromatic heterocycles. The lowest BCUT2D eigenvalue weighted by atomic mass is 9.96. The summed E-state index contributed by atoms with van der Waals surface area (Å²) in [6.07, 6.45) is 1.41. The zero-order valence-corrected chi connectivity index (χ0v) is 15.3. The van der Waals surface area contributed by atoms with Gasteiger partial charge >= 0.3 is 0 Å². The number of nitrogens with zero attached hydrogens (tertiary/aromatic N) is 1. The first-order chi connectivity index (χ1) is 11.7. The first-order valence-electron chi connectivity index (χ1n) is 8.15. The van der Waals surface area contributed by atoms with Crippen LogP contribution in [0.3, 0.4) is 0 Å². The van der Waals surface area contributed by atoms with E-state index in [0.717, 1.165) is 22.3 Å². The molecule has 1 aliphatic rings. The number of likely N-dealkylation sites (tertiary alicyclic amines) is 1. The molecule has 1 fully saturated rings. The third-order valence-electron chi connectivity index (χ3n) is 4.42. The van der Waals surface area contributed by atoms with Crippen molar-refractivity contribution in [3.8, 4) is 0 Å². The molecule has 4 N–H and O–H groups in total. The molecule has 138 valence electrons. The molecule has 9 heteroatoms. The zero-order valence-electron chi connectivity index (χ0n) is 14.5. The van der Waals surface area contributed by atoms with Crippen LogP contribution in [0.5, 0.6) is 0 Å². The van der Waals surface area contributed by atoms with Gasteiger partial charge in [0.1, 0.15) is 0 Å². The van der Waals surface area contributed by atoms with Crippen LogP contribution >= 0.6 is 0 Å². The highest BCUT2D eigenvalue weighted by atomic mass is 32.2. The summed E-state index contributed by atoms with van der Waals surface area (Å²) in [5.41, 5.74) is 5.85. The van der Waals surface area contributed by atoms with Crippen molar-refractivity contribution >= 4 is 27.5 Å². The molecule has 0 aliphatic carbocycles. The van der Waals surface area contributed by atoms with Crippen molar-refractivity contribution < 1.29 is 22.9 Å². The van der Waals surface area contributed by atoms with E-state index in [4.69, 9.17) is 5.73 Å². The quantitative estimate of drug-likeness (QED) is 0.575. The standard InChI is InChI=1S/C16H24N4O4S/c1-19(2)25(23,24)14-5-3-13(4-6-14)18-15(21)11-20-9-7-12(8-10-20)16(17)22/h3-6,12H,7-11H2,1-2H3,(H2,17,22)(H,18,21)/p+1. The van der Waals surface area contributed by atoms with Crippen LogP contribution in [0.25, 0.3) is 0 Å². The van der Waals surface area contributed by atoms with Crippen molar-refractivity contribution in [1.29, 1.82) is 0 Å². The molecule has 1 heterocycles. The van der Waals surface area contributed by atoms with Crippen LogP contribution in [-0.4, -0.2) is 58.3 Å². The second-order valence-corrected chi connectivity index (χ2v) is 8.62. The summed E-state index contributed by atoms with van der Waals surface area (Å²) in [5, 5.41) is 2.77. The lowest BCUT2D eigenvalue weighted by Gasteiger charge is -2.27. The number of primary amides is 1. The first-order valence-corrected chi connectivity index (χ1v) is 9.59. The van der Waals surface area contributed by atoms with Crippen LogP contribution in [0.15, 0.2) is 29.2 Å². The number of nitrogens with two attached hydrogens (primary N) is 1. The van der Waals surface area contributed by atoms with Crippen molar-refractivity contribution in [2.24, 2.45) is 11.7 Å². The van der Waals surface area contributed by atoms with Gasteiger partial charge in [-0.3, -0.25) is 9.59 Å². The summed E-state index contributed by atoms with van der Waals surface area (Å²) in [7, 11) is -0.543. The average molecular weight is 369 g/mol. The molecule has 25 heavy (non-hydrogen) atoms. The van der Waals surface area contributed by atoms with E-state index in [-0.39, 0.29) is 22.6 Å². The Morgan fingerprint density at radius 3 is 2.24 bits per heavy atom. The Bertz CT molecular complexity index is 723. The van der Waals surface area contributed by atoms with Gasteiger partial charge in [0.15, 0.2) is 6.54 Å². The number of rotatable bonds is 6. The minimum absolute atomic E-state index is 0.0852. The van der Waals surface area contributed by atoms with E-state index in [1.807, 2.05) is 0 Å². The van der Waals surface area contributed by atoms with Crippen LogP contribution in [0.4, 0.5) is 5.69 Å². The second-order valence-electron chi connectivity index (χ2n) is 6.46. The Labute approximate surface area is 148 Å². The highest BCUT2D eigenvalue weighted by Crippen LogP contribution is 2.16. The molecule has 0 atom stereocenters. The van der Waals surface area contributed by atoms with E-state index < -0.39 is 10.0 Å². The maximum absolute atomic E-state index is 12.1. The van der Waals surface area contributed by atoms with Gasteiger partial charge in [-0.1, -0.05) is 0 Å². The van der Waals surface area contributed by atoms with Gasteiger partial charge in [0.2, 0.25) is 15.9 Å². The van der Waals surface area contributed by atoms with E-state index in [0.29, 0.717) is 25.1 Å². The number of piperidine rings is 1. The Kier molecular flexibility index (Phi) is 6.15. The lowest BCUT2D eigenvalue weighted by Crippen LogP contribution is -3.14. The molecular formula is C16H25N4O4S+. The Morgan fingerprint density at radius 1 is 1.20 bits per heavy atom. The molecule has 0 spiro atoms. The minimum atomic E-state index is -3.48. The van der Waals surface area contributed by atoms with Gasteiger partial charge in [-0.25, -0.2) is 12.7 Å². The van der Waals surface area contributed by atoms with E-state index in [1.54, 1.807) is 12.1 Å². The number of amides is 2. The molecule has 1 aromatic rings. The maximum atomic E-state index is 12.1. The number of quaternary nitrogens is 1. The number of sulfonamides is 1. The summed E-state index contributed by atoms with van der Waals surface area (Å²) in [4.78, 5) is 24.6. The monoisotopic (exact) mass is 369 g/mol. The van der Waals surface area contributed by atoms with Crippen LogP contribution in [0.2, 0.25) is 0 Å². The number of benzene rings is 1. The van der Waals surface area contributed by atoms with Crippen LogP contribution in [0, 0.1) is 5.92 Å². The summed E-state index contributed by atoms with van der Waals surface area (Å²) in [6.45, 7) is 1.78. The largest absolute Gasteiger partial charge is 0.369 e. The summed E-state index contributed by atoms with van der Waals surface area (Å²) < 4.78 is 25.1. The predicted octanol–water partition coefficient (Wildman–Crippen LogP) is -1.34. The van der Waals surface area contributed by atoms with Gasteiger partial charge in [0.05, 0.1) is 18.0 Å². The summed E-state index contributed by atoms with van der Waals surface area (Å²) in [5.74, 6) is -0.495. The Balaban J connectivity index is 1.88. The van der Waals surface area contributed by atoms with Crippen molar-refractivity contribution in [2.45, 2.75) is 17.7 Å². The van der Waals surface area contributed by atoms with Gasteiger partial charge in [0, 0.05) is 38.5 Å². The fourth-order valence-corrected chi connectivity index (χ4v) is 3.74. The fourth-order valence-electron chi connectivity index (χ4n) is 2.84. The Morgan fingerprint density at radius 2 is 1.76 bits per heavy atom. The van der Waals surface area contributed by atoms with Crippen LogP contribution < -0.4 is 16.0 Å². The summed E-state index contributed by atoms with van der Waals surface area (Å²) >= 11 is 0. The van der Waals surface area contributed by atoms with Crippen LogP contribution in [0.1, 0.15) is 12.8 Å². The third kappa shape index (κ3) is 5.00. The lowest BCUT2D eigenvalue weighted by molar-refractivity contribution is -0.897. The number of carbonyl (C=O) groups is 2. The van der Waals surface area contributed by atoms with Crippen molar-refractivity contribution in [2.75, 3.05) is 39.0 Å². The molecule has 2 amide bonds. The molecule has 8 nitrogen and oxygen atoms in total. The molecule has 1 aliphatic heterocycles. The summed E-state index contributed by atoms with van der Waals surface area (Å²) in [6, 6.07) is 6.08. The van der Waals surface area contributed by atoms with Crippen molar-refractivity contribution in [3.63, 3.8) is 0 Å². The third-order valence-corrected chi connectivity index (χ3v) is 6.25. The molecule has 0 bridgehead atoms. The smallest absolute Gasteiger partial charge is 0.279 e. The number of carbonyl (C=O) groups excluding carboxylic acids is 2. The second kappa shape index (κ2) is 7.94. The molecule has 0 unspecified atom stereocenters. The van der Waals surface area contributed by atoms with Crippen LogP contribution in [-0.2, 0) is 19.6 Å². The molecule has 1 aromatic carbocycles. The molecule has 1 saturated heterocycles. The number of anilines is 1. The SMILES string of the molecule is CN(C)S(=O)(=O)c1ccc(NC(=O)C[NH+]2CCC(C(N)=O)CC2)cc1. The van der Waals surface area contributed by atoms with E-state index in [9.17, 15) is 18.0 Å². The topological polar surface area (TPSA) is 114 Å². The highest BCUT2D eigenvalue weighted by Gasteiger charge is 2.27. The van der Waals surface area contributed by atoms with Gasteiger partial charge in [-0.2, -0.15) is 0 Å². The van der Waals surface area contributed by atoms with Crippen molar-refractivity contribution in [1.82, 2.24) is 4.31 Å². The molecular weight excluding hydrogens is 344 g/mol. The van der Waals surface area contributed by atoms with E-state index >= 15 is 0 Å². The predicted molar refractivity (Wildman–Crippen MR) is 93.4 cm³/mol. The molecule has 0 saturated carbocycles. The van der Waals surface area contributed by atoms with Crippen molar-refractivity contribution in [3.05, 3.63) is 24.3 Å². The van der Waals surface area contributed by atoms with Gasteiger partial charge in [-0.15, -0.1) is 0 Å². The van der Waals surface area contributed by atoms with Gasteiger partial charge < -0.3 is 16.0 Å². The minimum Gasteiger partial charge on any atom is -0.369 e. The molecule has 2 rings (SSSR count). The molecule has 0 radical (unpaired) electrons. The Hall–Kier alpha value is -1.97. The van der Waals surface area contributed by atoms with Gasteiger partial charge in [-0.05, 0) is 24.3 Å². The normalized spacial score (nSPS) is 21.1. The first kappa shape index (κ1) is 19.4. The number of hydrogen-bond acceptors (Lipinski definition) is 4. The fraction of sp³-hybridized carbons (Fsp3) is 0.500. The highest BCUT2D eigenvalue weighted by molar-refractivity contribution is 7.89. The average Bonchev–Trinajstić information content (AvgIpc) is 2.55. The van der Waals surface area contributed by atoms with E-state index in [1.165, 1.54) is 26.2 Å². The maximum Gasteiger partial charge on any atom is 0.279 e. The van der Waals surface area contributed by atoms with Gasteiger partial charge in [0.25, 0.3) is 5.91 Å². The zero-order chi connectivity index (χ0) is 18.6.